The van der Waals surface area contributed by atoms with Crippen LogP contribution in [-0.4, -0.2) is 6.71 Å². The van der Waals surface area contributed by atoms with Crippen LogP contribution in [0.4, 0.5) is 17.1 Å². The molecule has 12 aromatic rings. The molecule has 0 bridgehead atoms. The highest BCUT2D eigenvalue weighted by atomic mass is 16.5. The lowest BCUT2D eigenvalue weighted by atomic mass is 9.33. The topological polar surface area (TPSA) is 12.5 Å². The van der Waals surface area contributed by atoms with Crippen molar-refractivity contribution < 1.29 is 11.6 Å². The lowest BCUT2D eigenvalue weighted by Gasteiger charge is -2.43. The first-order valence-corrected chi connectivity index (χ1v) is 30.9. The van der Waals surface area contributed by atoms with E-state index in [-0.39, 0.29) is 46.0 Å². The van der Waals surface area contributed by atoms with Gasteiger partial charge in [0.25, 0.3) is 6.71 Å². The van der Waals surface area contributed by atoms with Gasteiger partial charge in [0.15, 0.2) is 0 Å². The summed E-state index contributed by atoms with van der Waals surface area (Å²) in [5.74, 6) is 1.48. The summed E-state index contributed by atoms with van der Waals surface area (Å²) in [5, 5.41) is 0. The molecule has 12 aromatic carbocycles. The van der Waals surface area contributed by atoms with E-state index in [1.807, 2.05) is 6.07 Å². The van der Waals surface area contributed by atoms with Crippen LogP contribution < -0.4 is 26.0 Å². The van der Waals surface area contributed by atoms with Crippen molar-refractivity contribution in [1.29, 1.82) is 0 Å². The fraction of sp³-hybridized carbons (Fsp3) is 0.153. The van der Waals surface area contributed by atoms with Crippen molar-refractivity contribution in [2.45, 2.75) is 84.0 Å². The normalized spacial score (nSPS) is 14.4. The zero-order valence-corrected chi connectivity index (χ0v) is 51.5. The van der Waals surface area contributed by atoms with E-state index >= 15 is 0 Å². The molecular weight excluding hydrogens is 1060 g/mol. The Hall–Kier alpha value is -9.70. The molecule has 2 nitrogen and oxygen atoms in total. The number of hydrogen-bond acceptors (Lipinski definition) is 2. The van der Waals surface area contributed by atoms with Gasteiger partial charge in [0.05, 0.1) is 18.0 Å². The standard InChI is InChI=1S/C85H72BNO/c1-82(2,3)63-47-59(48-64(52-63)83(4,5)6)60-50-75-80-77(51-60)88-76-44-28-42-69(68-41-27-40-67-66-39-25-26-43-72(66)85(78(67)68,61-35-21-13-22-36-61)62-37-23-14-24-38-62)79(76)86(80)73-46-45-58(55-29-15-10-16-30-55)49-74(73)87(75)81-70(56-31-17-11-18-32-56)53-65(84(7,8)9)54-71(81)57-33-19-12-20-34-57/h10-54H,1-9H3/i10D,15D,16D,29D,30D. The second-order valence-corrected chi connectivity index (χ2v) is 27.2. The number of hydrogen-bond donors (Lipinski definition) is 0. The average molecular weight is 1140 g/mol. The minimum Gasteiger partial charge on any atom is -0.458 e. The van der Waals surface area contributed by atoms with Crippen molar-refractivity contribution in [3.05, 3.63) is 312 Å². The molecule has 0 amide bonds. The Kier molecular flexibility index (Phi) is 11.7. The van der Waals surface area contributed by atoms with Crippen molar-refractivity contribution in [2.75, 3.05) is 4.90 Å². The van der Waals surface area contributed by atoms with Gasteiger partial charge in [-0.2, -0.15) is 0 Å². The van der Waals surface area contributed by atoms with Crippen LogP contribution in [0.3, 0.4) is 0 Å². The van der Waals surface area contributed by atoms with E-state index in [1.165, 1.54) is 44.5 Å². The molecule has 2 heterocycles. The minimum absolute atomic E-state index is 0.137. The second kappa shape index (κ2) is 20.7. The maximum absolute atomic E-state index is 9.56. The number of benzene rings is 12. The van der Waals surface area contributed by atoms with Crippen LogP contribution in [-0.2, 0) is 21.7 Å². The summed E-state index contributed by atoms with van der Waals surface area (Å²) in [6.45, 7) is 20.0. The fourth-order valence-corrected chi connectivity index (χ4v) is 14.4. The summed E-state index contributed by atoms with van der Waals surface area (Å²) in [6.07, 6.45) is 0. The van der Waals surface area contributed by atoms with Crippen LogP contribution in [0.25, 0.3) is 66.8 Å². The molecule has 2 aliphatic heterocycles. The van der Waals surface area contributed by atoms with Crippen molar-refractivity contribution in [3.63, 3.8) is 0 Å². The number of fused-ring (bicyclic) bond motifs is 7. The van der Waals surface area contributed by atoms with E-state index in [1.54, 1.807) is 0 Å². The third-order valence-electron chi connectivity index (χ3n) is 18.7. The second-order valence-electron chi connectivity index (χ2n) is 27.2. The minimum atomic E-state index is -0.726. The molecule has 15 rings (SSSR count). The zero-order valence-electron chi connectivity index (χ0n) is 56.5. The Balaban J connectivity index is 1.11. The van der Waals surface area contributed by atoms with Crippen LogP contribution in [0.15, 0.2) is 273 Å². The van der Waals surface area contributed by atoms with Crippen LogP contribution in [0, 0.1) is 0 Å². The van der Waals surface area contributed by atoms with Gasteiger partial charge in [0, 0.05) is 22.5 Å². The quantitative estimate of drug-likeness (QED) is 0.141. The summed E-state index contributed by atoms with van der Waals surface area (Å²) in [5.41, 5.74) is 23.9. The van der Waals surface area contributed by atoms with E-state index in [0.717, 1.165) is 95.0 Å². The van der Waals surface area contributed by atoms with E-state index in [2.05, 4.69) is 304 Å². The molecule has 0 N–H and O–H groups in total. The third-order valence-corrected chi connectivity index (χ3v) is 18.7. The summed E-state index contributed by atoms with van der Waals surface area (Å²) < 4.78 is 53.8. The van der Waals surface area contributed by atoms with Crippen LogP contribution in [0.5, 0.6) is 11.5 Å². The molecule has 0 radical (unpaired) electrons. The molecule has 0 unspecified atom stereocenters. The van der Waals surface area contributed by atoms with Gasteiger partial charge in [0.2, 0.25) is 0 Å². The zero-order chi connectivity index (χ0) is 64.6. The van der Waals surface area contributed by atoms with Crippen LogP contribution >= 0.6 is 0 Å². The SMILES string of the molecule is [2H]c1c([2H])c([2H])c(-c2ccc3c(c2)N(c2c(-c4ccccc4)cc(C(C)(C)C)cc2-c2ccccc2)c2cc(-c4cc(C(C)(C)C)cc(C(C)(C)C)c4)cc4c2B3c2c(cccc2-c2cccc3c2C(c2ccccc2)(c2ccccc2)c2ccccc2-3)O4)c([2H])c1[2H]. The molecule has 88 heavy (non-hydrogen) atoms. The molecule has 1 aliphatic carbocycles. The number of ether oxygens (including phenoxy) is 1. The van der Waals surface area contributed by atoms with Gasteiger partial charge < -0.3 is 9.64 Å². The summed E-state index contributed by atoms with van der Waals surface area (Å²) >= 11 is 0. The largest absolute Gasteiger partial charge is 0.458 e. The van der Waals surface area contributed by atoms with Gasteiger partial charge in [0.1, 0.15) is 11.5 Å². The number of anilines is 3. The van der Waals surface area contributed by atoms with Crippen molar-refractivity contribution >= 4 is 40.2 Å². The Morgan fingerprint density at radius 3 is 1.44 bits per heavy atom. The average Bonchev–Trinajstić information content (AvgIpc) is 1.67. The highest BCUT2D eigenvalue weighted by molar-refractivity contribution is 7.00. The molecule has 0 fully saturated rings. The lowest BCUT2D eigenvalue weighted by Crippen LogP contribution is -2.60. The van der Waals surface area contributed by atoms with Gasteiger partial charge in [-0.15, -0.1) is 0 Å². The molecule has 0 aromatic heterocycles. The summed E-state index contributed by atoms with van der Waals surface area (Å²) in [7, 11) is 0. The van der Waals surface area contributed by atoms with Gasteiger partial charge in [-0.25, -0.2) is 0 Å². The monoisotopic (exact) mass is 1140 g/mol. The Labute approximate surface area is 528 Å². The van der Waals surface area contributed by atoms with E-state index < -0.39 is 18.2 Å². The number of rotatable bonds is 8. The van der Waals surface area contributed by atoms with Crippen molar-refractivity contribution in [1.82, 2.24) is 0 Å². The Bertz CT molecular complexity index is 4840. The summed E-state index contributed by atoms with van der Waals surface area (Å²) in [4.78, 5) is 2.44. The first-order valence-electron chi connectivity index (χ1n) is 33.4. The van der Waals surface area contributed by atoms with Gasteiger partial charge in [-0.05, 0) is 164 Å². The molecule has 0 saturated heterocycles. The van der Waals surface area contributed by atoms with Gasteiger partial charge in [-0.1, -0.05) is 299 Å². The molecule has 0 atom stereocenters. The van der Waals surface area contributed by atoms with E-state index in [0.29, 0.717) is 5.56 Å². The van der Waals surface area contributed by atoms with Crippen LogP contribution in [0.1, 0.15) is 108 Å². The molecule has 3 heteroatoms. The fourth-order valence-electron chi connectivity index (χ4n) is 14.4. The summed E-state index contributed by atoms with van der Waals surface area (Å²) in [6, 6.07) is 86.5. The Morgan fingerprint density at radius 1 is 0.364 bits per heavy atom. The van der Waals surface area contributed by atoms with Crippen LogP contribution in [0.2, 0.25) is 0 Å². The first kappa shape index (κ1) is 49.4. The highest BCUT2D eigenvalue weighted by Gasteiger charge is 2.50. The molecular formula is C85H72BNO. The predicted octanol–water partition coefficient (Wildman–Crippen LogP) is 20.7. The maximum Gasteiger partial charge on any atom is 0.257 e. The predicted molar refractivity (Wildman–Crippen MR) is 373 cm³/mol. The van der Waals surface area contributed by atoms with Gasteiger partial charge in [-0.3, -0.25) is 0 Å². The number of nitrogens with zero attached hydrogens (tertiary/aromatic N) is 1. The van der Waals surface area contributed by atoms with Gasteiger partial charge >= 0.3 is 0 Å². The first-order chi connectivity index (χ1) is 44.6. The van der Waals surface area contributed by atoms with E-state index in [9.17, 15) is 2.74 Å². The molecule has 426 valence electrons. The van der Waals surface area contributed by atoms with E-state index in [4.69, 9.17) is 8.85 Å². The van der Waals surface area contributed by atoms with Crippen molar-refractivity contribution in [2.24, 2.45) is 0 Å². The maximum atomic E-state index is 9.56. The third kappa shape index (κ3) is 8.92. The molecule has 0 spiro atoms. The van der Waals surface area contributed by atoms with Crippen molar-refractivity contribution in [3.8, 4) is 78.3 Å². The smallest absolute Gasteiger partial charge is 0.257 e. The molecule has 3 aliphatic rings. The lowest BCUT2D eigenvalue weighted by molar-refractivity contribution is 0.488. The Morgan fingerprint density at radius 2 is 0.852 bits per heavy atom. The highest BCUT2D eigenvalue weighted by Crippen LogP contribution is 2.59. The molecule has 0 saturated carbocycles.